The van der Waals surface area contributed by atoms with Crippen LogP contribution >= 0.6 is 23.5 Å². The van der Waals surface area contributed by atoms with Gasteiger partial charge in [0, 0.05) is 51.8 Å². The molecule has 2 aromatic rings. The number of hydrogen-bond donors (Lipinski definition) is 2. The van der Waals surface area contributed by atoms with E-state index in [1.54, 1.807) is 37.6 Å². The van der Waals surface area contributed by atoms with Crippen LogP contribution < -0.4 is 0 Å². The molecule has 0 spiro atoms. The van der Waals surface area contributed by atoms with Crippen molar-refractivity contribution in [3.05, 3.63) is 63.4 Å². The number of carbonyl (C=O) groups excluding carboxylic acids is 1. The van der Waals surface area contributed by atoms with Crippen molar-refractivity contribution < 1.29 is 49.1 Å². The number of nitrogens with one attached hydrogen (secondary N) is 1. The van der Waals surface area contributed by atoms with E-state index in [0.29, 0.717) is 33.7 Å². The number of carbonyl (C=O) groups is 1. The molecule has 193 valence electrons. The second kappa shape index (κ2) is 16.3. The van der Waals surface area contributed by atoms with E-state index in [9.17, 15) is 15.0 Å². The zero-order valence-electron chi connectivity index (χ0n) is 19.1. The van der Waals surface area contributed by atoms with Gasteiger partial charge in [0.2, 0.25) is 5.17 Å². The maximum atomic E-state index is 11.0. The molecule has 2 rings (SSSR count). The minimum Gasteiger partial charge on any atom is -0.507 e. The molecule has 0 atom stereocenters. The third-order valence-corrected chi connectivity index (χ3v) is 5.25. The second-order valence-electron chi connectivity index (χ2n) is 6.62. The van der Waals surface area contributed by atoms with Gasteiger partial charge < -0.3 is 21.0 Å². The van der Waals surface area contributed by atoms with Crippen LogP contribution in [0.3, 0.4) is 0 Å². The predicted molar refractivity (Wildman–Crippen MR) is 140 cm³/mol. The van der Waals surface area contributed by atoms with E-state index in [0.717, 1.165) is 22.9 Å². The summed E-state index contributed by atoms with van der Waals surface area (Å²) in [6, 6.07) is 6.52. The maximum Gasteiger partial charge on any atom is 1.00 e. The van der Waals surface area contributed by atoms with E-state index in [2.05, 4.69) is 25.4 Å². The van der Waals surface area contributed by atoms with Crippen molar-refractivity contribution in [3.8, 4) is 11.5 Å². The molecule has 0 aliphatic carbocycles. The molecular formula is C22H23Cu2N6O3S2. The van der Waals surface area contributed by atoms with Gasteiger partial charge in [-0.1, -0.05) is 11.8 Å². The summed E-state index contributed by atoms with van der Waals surface area (Å²) in [6.07, 6.45) is 8.39. The van der Waals surface area contributed by atoms with Gasteiger partial charge in [-0.25, -0.2) is 4.99 Å². The Kier molecular flexibility index (Phi) is 15.2. The van der Waals surface area contributed by atoms with Gasteiger partial charge in [-0.2, -0.15) is 5.10 Å². The van der Waals surface area contributed by atoms with Crippen molar-refractivity contribution in [1.82, 2.24) is 0 Å². The molecular weight excluding hydrogens is 588 g/mol. The number of phenolic OH excluding ortho intramolecular Hbond substituents is 2. The number of benzene rings is 2. The number of rotatable bonds is 6. The predicted octanol–water partition coefficient (Wildman–Crippen LogP) is 4.80. The fraction of sp³-hybridized carbons (Fsp3) is 0.182. The fourth-order valence-corrected chi connectivity index (χ4v) is 2.98. The summed E-state index contributed by atoms with van der Waals surface area (Å²) in [6.45, 7) is 3.63. The average molecular weight is 611 g/mol. The van der Waals surface area contributed by atoms with Crippen molar-refractivity contribution in [2.45, 2.75) is 13.8 Å². The monoisotopic (exact) mass is 609 g/mol. The van der Waals surface area contributed by atoms with E-state index in [-0.39, 0.29) is 50.8 Å². The van der Waals surface area contributed by atoms with Gasteiger partial charge in [-0.15, -0.1) is 16.9 Å². The van der Waals surface area contributed by atoms with Gasteiger partial charge in [0.1, 0.15) is 17.8 Å². The van der Waals surface area contributed by atoms with Crippen molar-refractivity contribution in [3.63, 3.8) is 0 Å². The van der Waals surface area contributed by atoms with Gasteiger partial charge in [-0.3, -0.25) is 9.90 Å². The second-order valence-corrected chi connectivity index (χ2v) is 8.19. The van der Waals surface area contributed by atoms with E-state index in [4.69, 9.17) is 5.73 Å². The molecule has 0 fully saturated rings. The molecule has 13 heteroatoms. The summed E-state index contributed by atoms with van der Waals surface area (Å²) in [7, 11) is 0. The van der Waals surface area contributed by atoms with Gasteiger partial charge in [-0.05, 0) is 66.9 Å². The smallest absolute Gasteiger partial charge is 0.507 e. The Hall–Kier alpha value is -2.40. The van der Waals surface area contributed by atoms with E-state index in [1.165, 1.54) is 36.5 Å². The van der Waals surface area contributed by atoms with Crippen LogP contribution in [0, 0.1) is 13.8 Å². The van der Waals surface area contributed by atoms with E-state index in [1.807, 2.05) is 6.92 Å². The summed E-state index contributed by atoms with van der Waals surface area (Å²) in [4.78, 5) is 15.2. The van der Waals surface area contributed by atoms with E-state index >= 15 is 0 Å². The molecule has 0 bridgehead atoms. The first-order chi connectivity index (χ1) is 15.8. The Morgan fingerprint density at radius 2 is 1.49 bits per heavy atom. The average Bonchev–Trinajstić information content (AvgIpc) is 2.80. The molecule has 35 heavy (non-hydrogen) atoms. The van der Waals surface area contributed by atoms with Gasteiger partial charge in [0.15, 0.2) is 0 Å². The first kappa shape index (κ1) is 32.6. The van der Waals surface area contributed by atoms with Crippen molar-refractivity contribution in [1.29, 1.82) is 0 Å². The number of amidine groups is 2. The summed E-state index contributed by atoms with van der Waals surface area (Å²) < 4.78 is 0. The largest absolute Gasteiger partial charge is 1.00 e. The van der Waals surface area contributed by atoms with Crippen LogP contribution in [-0.4, -0.2) is 58.0 Å². The first-order valence-electron chi connectivity index (χ1n) is 9.47. The minimum absolute atomic E-state index is 0. The number of aromatic hydroxyl groups is 2. The number of aliphatic imine (C=N–C) groups is 1. The Balaban J connectivity index is 0.00000578. The molecule has 2 aromatic carbocycles. The van der Waals surface area contributed by atoms with Crippen molar-refractivity contribution in [2.24, 2.45) is 25.4 Å². The normalized spacial score (nSPS) is 12.2. The topological polar surface area (TPSA) is 143 Å². The van der Waals surface area contributed by atoms with Crippen LogP contribution in [0.1, 0.15) is 38.2 Å². The van der Waals surface area contributed by atoms with Crippen molar-refractivity contribution >= 4 is 58.8 Å². The third-order valence-electron chi connectivity index (χ3n) is 4.23. The van der Waals surface area contributed by atoms with Crippen LogP contribution in [0.5, 0.6) is 11.5 Å². The van der Waals surface area contributed by atoms with Gasteiger partial charge >= 0.3 is 17.1 Å². The molecule has 0 saturated heterocycles. The third kappa shape index (κ3) is 10.0. The zero-order valence-corrected chi connectivity index (χ0v) is 22.6. The molecule has 0 saturated carbocycles. The molecule has 0 unspecified atom stereocenters. The Morgan fingerprint density at radius 1 is 0.886 bits per heavy atom. The summed E-state index contributed by atoms with van der Waals surface area (Å²) in [5.41, 5.74) is 10.8. The molecule has 0 aromatic heterocycles. The van der Waals surface area contributed by atoms with Crippen LogP contribution in [0.25, 0.3) is 5.73 Å². The van der Waals surface area contributed by atoms with Crippen molar-refractivity contribution in [2.75, 3.05) is 12.5 Å². The minimum atomic E-state index is -0.0614. The van der Waals surface area contributed by atoms with Crippen LogP contribution in [0.2, 0.25) is 0 Å². The molecule has 3 N–H and O–H groups in total. The SMILES string of the molecule is CSC([NH-])=NN=Cc1cc(C)cc(C=NN=C(N=Cc2cc(C)c(C=O)cc2O)SC)c1O.[Cu+].[Cu]. The van der Waals surface area contributed by atoms with Crippen LogP contribution in [0.4, 0.5) is 0 Å². The number of aryl methyl sites for hydroxylation is 2. The summed E-state index contributed by atoms with van der Waals surface area (Å²) in [5.74, 6) is -0.104. The van der Waals surface area contributed by atoms with Gasteiger partial charge in [0.05, 0.1) is 6.21 Å². The zero-order chi connectivity index (χ0) is 24.4. The molecule has 1 radical (unpaired) electrons. The summed E-state index contributed by atoms with van der Waals surface area (Å²) in [5, 5.41) is 36.5. The first-order valence-corrected chi connectivity index (χ1v) is 11.9. The van der Waals surface area contributed by atoms with E-state index < -0.39 is 0 Å². The summed E-state index contributed by atoms with van der Waals surface area (Å²) >= 11 is 2.41. The molecule has 0 aliphatic rings. The quantitative estimate of drug-likeness (QED) is 0.159. The van der Waals surface area contributed by atoms with Gasteiger partial charge in [0.25, 0.3) is 0 Å². The Bertz CT molecular complexity index is 1180. The molecule has 0 aliphatic heterocycles. The number of hydrogen-bond acceptors (Lipinski definition) is 9. The maximum absolute atomic E-state index is 11.0. The molecule has 9 nitrogen and oxygen atoms in total. The number of nitrogens with zero attached hydrogens (tertiary/aromatic N) is 5. The number of phenols is 2. The number of aldehydes is 1. The standard InChI is InChI=1S/C22H24N6O3S2.2Cu/c1-13-5-16(10-25-27-21(23)32-3)20(31)17(6-13)11-26-28-22(33-4)24-9-15-7-14(2)18(12-29)8-19(15)30;;/h5-12H,1-4H3,(H4,23,24,25,26,27,28,29,30,31);;/q;;+1/p-1. The molecule has 0 heterocycles. The fourth-order valence-electron chi connectivity index (χ4n) is 2.57. The number of thioether (sulfide) groups is 2. The van der Waals surface area contributed by atoms with Crippen LogP contribution in [0.15, 0.2) is 49.7 Å². The Morgan fingerprint density at radius 3 is 2.03 bits per heavy atom. The Labute approximate surface area is 233 Å². The molecule has 0 amide bonds. The van der Waals surface area contributed by atoms with Crippen LogP contribution in [-0.2, 0) is 34.1 Å².